The molecule has 1 aromatic rings. The third-order valence-electron chi connectivity index (χ3n) is 2.31. The standard InChI is InChI=1S/C13H17ClO3/c1-10(14)4-3-9-17-13(15)11-5-7-12(16-2)8-6-11/h5-8,10H,3-4,9H2,1-2H3. The highest BCUT2D eigenvalue weighted by Crippen LogP contribution is 2.12. The minimum absolute atomic E-state index is 0.120. The Morgan fingerprint density at radius 3 is 2.53 bits per heavy atom. The van der Waals surface area contributed by atoms with Crippen molar-refractivity contribution >= 4 is 17.6 Å². The predicted octanol–water partition coefficient (Wildman–Crippen LogP) is 3.26. The van der Waals surface area contributed by atoms with Crippen molar-refractivity contribution in [2.75, 3.05) is 13.7 Å². The lowest BCUT2D eigenvalue weighted by Gasteiger charge is -2.06. The summed E-state index contributed by atoms with van der Waals surface area (Å²) in [7, 11) is 1.58. The molecule has 0 heterocycles. The summed E-state index contributed by atoms with van der Waals surface area (Å²) >= 11 is 5.79. The Kier molecular flexibility index (Phi) is 5.84. The third kappa shape index (κ3) is 5.09. The molecule has 0 aromatic heterocycles. The van der Waals surface area contributed by atoms with Crippen molar-refractivity contribution in [3.63, 3.8) is 0 Å². The Morgan fingerprint density at radius 2 is 2.00 bits per heavy atom. The van der Waals surface area contributed by atoms with Crippen molar-refractivity contribution in [3.8, 4) is 5.75 Å². The molecule has 0 fully saturated rings. The van der Waals surface area contributed by atoms with Gasteiger partial charge in [-0.1, -0.05) is 0 Å². The number of hydrogen-bond donors (Lipinski definition) is 0. The van der Waals surface area contributed by atoms with Crippen LogP contribution in [0.4, 0.5) is 0 Å². The average Bonchev–Trinajstić information content (AvgIpc) is 2.34. The molecular formula is C13H17ClO3. The number of methoxy groups -OCH3 is 1. The number of carbonyl (C=O) groups is 1. The first kappa shape index (κ1) is 13.8. The molecule has 0 N–H and O–H groups in total. The van der Waals surface area contributed by atoms with E-state index < -0.39 is 0 Å². The second-order valence-corrected chi connectivity index (χ2v) is 4.53. The summed E-state index contributed by atoms with van der Waals surface area (Å²) in [6.45, 7) is 2.33. The van der Waals surface area contributed by atoms with Crippen LogP contribution < -0.4 is 4.74 Å². The van der Waals surface area contributed by atoms with Crippen LogP contribution in [0.15, 0.2) is 24.3 Å². The van der Waals surface area contributed by atoms with Crippen molar-refractivity contribution in [2.45, 2.75) is 25.1 Å². The molecule has 1 rings (SSSR count). The van der Waals surface area contributed by atoms with Gasteiger partial charge in [-0.05, 0) is 44.0 Å². The van der Waals surface area contributed by atoms with Gasteiger partial charge in [-0.3, -0.25) is 0 Å². The normalized spacial score (nSPS) is 11.9. The largest absolute Gasteiger partial charge is 0.497 e. The van der Waals surface area contributed by atoms with Gasteiger partial charge < -0.3 is 9.47 Å². The summed E-state index contributed by atoms with van der Waals surface area (Å²) in [5, 5.41) is 0.120. The zero-order valence-electron chi connectivity index (χ0n) is 10.1. The number of ether oxygens (including phenoxy) is 2. The molecule has 17 heavy (non-hydrogen) atoms. The fourth-order valence-corrected chi connectivity index (χ4v) is 1.49. The minimum Gasteiger partial charge on any atom is -0.497 e. The van der Waals surface area contributed by atoms with Crippen molar-refractivity contribution in [1.82, 2.24) is 0 Å². The first-order valence-corrected chi connectivity index (χ1v) is 6.02. The summed E-state index contributed by atoms with van der Waals surface area (Å²) in [6, 6.07) is 6.84. The zero-order valence-corrected chi connectivity index (χ0v) is 10.9. The van der Waals surface area contributed by atoms with Crippen LogP contribution >= 0.6 is 11.6 Å². The highest BCUT2D eigenvalue weighted by molar-refractivity contribution is 6.20. The van der Waals surface area contributed by atoms with Crippen LogP contribution in [0.5, 0.6) is 5.75 Å². The second kappa shape index (κ2) is 7.17. The molecule has 0 aliphatic heterocycles. The SMILES string of the molecule is COc1ccc(C(=O)OCCCC(C)Cl)cc1. The lowest BCUT2D eigenvalue weighted by Crippen LogP contribution is -2.07. The molecule has 0 saturated carbocycles. The highest BCUT2D eigenvalue weighted by atomic mass is 35.5. The van der Waals surface area contributed by atoms with E-state index in [1.165, 1.54) is 0 Å². The van der Waals surface area contributed by atoms with Gasteiger partial charge in [0, 0.05) is 5.38 Å². The van der Waals surface area contributed by atoms with E-state index in [9.17, 15) is 4.79 Å². The number of alkyl halides is 1. The molecule has 1 aromatic carbocycles. The summed E-state index contributed by atoms with van der Waals surface area (Å²) in [4.78, 5) is 11.6. The molecule has 1 unspecified atom stereocenters. The molecule has 94 valence electrons. The van der Waals surface area contributed by atoms with Gasteiger partial charge in [0.25, 0.3) is 0 Å². The molecule has 1 atom stereocenters. The van der Waals surface area contributed by atoms with Gasteiger partial charge in [-0.15, -0.1) is 11.6 Å². The van der Waals surface area contributed by atoms with Gasteiger partial charge in [-0.25, -0.2) is 4.79 Å². The third-order valence-corrected chi connectivity index (χ3v) is 2.52. The topological polar surface area (TPSA) is 35.5 Å². The maximum absolute atomic E-state index is 11.6. The lowest BCUT2D eigenvalue weighted by atomic mass is 10.2. The molecule has 0 spiro atoms. The van der Waals surface area contributed by atoms with E-state index in [2.05, 4.69) is 0 Å². The van der Waals surface area contributed by atoms with Gasteiger partial charge in [-0.2, -0.15) is 0 Å². The Labute approximate surface area is 107 Å². The van der Waals surface area contributed by atoms with Gasteiger partial charge >= 0.3 is 5.97 Å². The zero-order chi connectivity index (χ0) is 12.7. The van der Waals surface area contributed by atoms with Gasteiger partial charge in [0.1, 0.15) is 5.75 Å². The number of halogens is 1. The number of carbonyl (C=O) groups excluding carboxylic acids is 1. The molecule has 0 saturated heterocycles. The maximum atomic E-state index is 11.6. The molecule has 4 heteroatoms. The van der Waals surface area contributed by atoms with E-state index in [4.69, 9.17) is 21.1 Å². The number of rotatable bonds is 6. The Morgan fingerprint density at radius 1 is 1.35 bits per heavy atom. The predicted molar refractivity (Wildman–Crippen MR) is 67.8 cm³/mol. The molecule has 3 nitrogen and oxygen atoms in total. The molecule has 0 aliphatic rings. The Balaban J connectivity index is 2.36. The summed E-state index contributed by atoms with van der Waals surface area (Å²) < 4.78 is 10.1. The fraction of sp³-hybridized carbons (Fsp3) is 0.462. The van der Waals surface area contributed by atoms with E-state index >= 15 is 0 Å². The van der Waals surface area contributed by atoms with Crippen molar-refractivity contribution in [2.24, 2.45) is 0 Å². The Bertz CT molecular complexity index is 346. The lowest BCUT2D eigenvalue weighted by molar-refractivity contribution is 0.0498. The van der Waals surface area contributed by atoms with Crippen LogP contribution in [0.25, 0.3) is 0 Å². The van der Waals surface area contributed by atoms with E-state index in [0.29, 0.717) is 12.2 Å². The van der Waals surface area contributed by atoms with E-state index in [1.54, 1.807) is 31.4 Å². The maximum Gasteiger partial charge on any atom is 0.338 e. The Hall–Kier alpha value is -1.22. The van der Waals surface area contributed by atoms with Gasteiger partial charge in [0.05, 0.1) is 19.3 Å². The molecule has 0 amide bonds. The van der Waals surface area contributed by atoms with Crippen molar-refractivity contribution in [3.05, 3.63) is 29.8 Å². The second-order valence-electron chi connectivity index (χ2n) is 3.79. The van der Waals surface area contributed by atoms with Gasteiger partial charge in [0.2, 0.25) is 0 Å². The highest BCUT2D eigenvalue weighted by Gasteiger charge is 2.07. The monoisotopic (exact) mass is 256 g/mol. The quantitative estimate of drug-likeness (QED) is 0.445. The first-order valence-electron chi connectivity index (χ1n) is 5.58. The van der Waals surface area contributed by atoms with Crippen LogP contribution in [-0.4, -0.2) is 25.1 Å². The average molecular weight is 257 g/mol. The number of esters is 1. The van der Waals surface area contributed by atoms with Crippen molar-refractivity contribution in [1.29, 1.82) is 0 Å². The molecule has 0 radical (unpaired) electrons. The molecular weight excluding hydrogens is 240 g/mol. The van der Waals surface area contributed by atoms with E-state index in [-0.39, 0.29) is 11.3 Å². The van der Waals surface area contributed by atoms with Crippen LogP contribution in [0.2, 0.25) is 0 Å². The van der Waals surface area contributed by atoms with E-state index in [0.717, 1.165) is 18.6 Å². The van der Waals surface area contributed by atoms with Crippen molar-refractivity contribution < 1.29 is 14.3 Å². The summed E-state index contributed by atoms with van der Waals surface area (Å²) in [5.74, 6) is 0.410. The van der Waals surface area contributed by atoms with Crippen LogP contribution in [0.1, 0.15) is 30.1 Å². The summed E-state index contributed by atoms with van der Waals surface area (Å²) in [6.07, 6.45) is 1.63. The van der Waals surface area contributed by atoms with Crippen LogP contribution in [-0.2, 0) is 4.74 Å². The summed E-state index contributed by atoms with van der Waals surface area (Å²) in [5.41, 5.74) is 0.532. The number of benzene rings is 1. The van der Waals surface area contributed by atoms with E-state index in [1.807, 2.05) is 6.92 Å². The molecule has 0 bridgehead atoms. The first-order chi connectivity index (χ1) is 8.13. The van der Waals surface area contributed by atoms with Gasteiger partial charge in [0.15, 0.2) is 0 Å². The minimum atomic E-state index is -0.310. The number of hydrogen-bond acceptors (Lipinski definition) is 3. The van der Waals surface area contributed by atoms with Crippen LogP contribution in [0, 0.1) is 0 Å². The smallest absolute Gasteiger partial charge is 0.338 e. The fourth-order valence-electron chi connectivity index (χ4n) is 1.34. The molecule has 0 aliphatic carbocycles. The van der Waals surface area contributed by atoms with Crippen LogP contribution in [0.3, 0.4) is 0 Å².